The van der Waals surface area contributed by atoms with Crippen molar-refractivity contribution in [3.63, 3.8) is 0 Å². The molecule has 0 aliphatic rings. The van der Waals surface area contributed by atoms with Gasteiger partial charge in [0.2, 0.25) is 0 Å². The van der Waals surface area contributed by atoms with Crippen molar-refractivity contribution in [3.05, 3.63) is 99.6 Å². The number of benzene rings is 3. The second kappa shape index (κ2) is 10.1. The highest BCUT2D eigenvalue weighted by Crippen LogP contribution is 2.35. The van der Waals surface area contributed by atoms with Crippen molar-refractivity contribution in [3.8, 4) is 11.5 Å². The molecular formula is C23H21NO6. The number of carbonyl (C=O) groups is 1. The Bertz CT molecular complexity index is 1000. The lowest BCUT2D eigenvalue weighted by atomic mass is 10.1. The van der Waals surface area contributed by atoms with E-state index in [0.29, 0.717) is 13.0 Å². The minimum atomic E-state index is -0.805. The first-order chi connectivity index (χ1) is 14.6. The summed E-state index contributed by atoms with van der Waals surface area (Å²) < 4.78 is 16.3. The second-order valence-electron chi connectivity index (χ2n) is 6.42. The molecule has 0 fully saturated rings. The van der Waals surface area contributed by atoms with E-state index in [0.717, 1.165) is 11.1 Å². The molecule has 0 N–H and O–H groups in total. The Morgan fingerprint density at radius 2 is 1.57 bits per heavy atom. The number of hydrogen-bond acceptors (Lipinski definition) is 6. The third-order valence-corrected chi connectivity index (χ3v) is 4.40. The summed E-state index contributed by atoms with van der Waals surface area (Å²) in [7, 11) is 1.39. The first kappa shape index (κ1) is 20.9. The number of esters is 1. The van der Waals surface area contributed by atoms with Crippen molar-refractivity contribution >= 4 is 11.7 Å². The van der Waals surface area contributed by atoms with Gasteiger partial charge in [0.25, 0.3) is 5.69 Å². The van der Waals surface area contributed by atoms with Crippen molar-refractivity contribution in [2.45, 2.75) is 13.0 Å². The largest absolute Gasteiger partial charge is 0.493 e. The average Bonchev–Trinajstić information content (AvgIpc) is 2.78. The number of rotatable bonds is 9. The van der Waals surface area contributed by atoms with E-state index in [1.165, 1.54) is 19.2 Å². The quantitative estimate of drug-likeness (QED) is 0.293. The zero-order valence-electron chi connectivity index (χ0n) is 16.4. The number of hydrogen-bond donors (Lipinski definition) is 0. The van der Waals surface area contributed by atoms with Gasteiger partial charge in [0.05, 0.1) is 24.7 Å². The molecule has 0 saturated heterocycles. The Hall–Kier alpha value is -3.87. The highest BCUT2D eigenvalue weighted by Gasteiger charge is 2.26. The molecule has 0 aliphatic carbocycles. The fourth-order valence-electron chi connectivity index (χ4n) is 2.86. The van der Waals surface area contributed by atoms with Crippen molar-refractivity contribution in [2.24, 2.45) is 0 Å². The topological polar surface area (TPSA) is 87.9 Å². The van der Waals surface area contributed by atoms with Crippen LogP contribution in [0.1, 0.15) is 21.5 Å². The van der Waals surface area contributed by atoms with Gasteiger partial charge in [-0.1, -0.05) is 60.7 Å². The highest BCUT2D eigenvalue weighted by molar-refractivity contribution is 5.95. The van der Waals surface area contributed by atoms with E-state index in [1.807, 2.05) is 48.5 Å². The van der Waals surface area contributed by atoms with E-state index in [9.17, 15) is 14.9 Å². The van der Waals surface area contributed by atoms with Crippen LogP contribution < -0.4 is 9.47 Å². The van der Waals surface area contributed by atoms with E-state index in [1.54, 1.807) is 12.1 Å². The lowest BCUT2D eigenvalue weighted by Crippen LogP contribution is -2.10. The number of carbonyl (C=O) groups excluding carboxylic acids is 1. The van der Waals surface area contributed by atoms with Crippen molar-refractivity contribution < 1.29 is 23.9 Å². The molecule has 0 spiro atoms. The second-order valence-corrected chi connectivity index (χ2v) is 6.42. The van der Waals surface area contributed by atoms with Gasteiger partial charge in [-0.25, -0.2) is 4.79 Å². The van der Waals surface area contributed by atoms with Gasteiger partial charge in [0.1, 0.15) is 12.2 Å². The molecular weight excluding hydrogens is 386 g/mol. The molecule has 0 aliphatic heterocycles. The number of nitro groups is 1. The van der Waals surface area contributed by atoms with Crippen LogP contribution in [0, 0.1) is 10.1 Å². The molecule has 3 rings (SSSR count). The third kappa shape index (κ3) is 5.35. The van der Waals surface area contributed by atoms with Crippen LogP contribution in [0.5, 0.6) is 11.5 Å². The zero-order valence-corrected chi connectivity index (χ0v) is 16.4. The maximum absolute atomic E-state index is 12.6. The lowest BCUT2D eigenvalue weighted by molar-refractivity contribution is -0.385. The molecule has 30 heavy (non-hydrogen) atoms. The van der Waals surface area contributed by atoms with Crippen LogP contribution in [-0.4, -0.2) is 24.6 Å². The van der Waals surface area contributed by atoms with Crippen LogP contribution >= 0.6 is 0 Å². The van der Waals surface area contributed by atoms with E-state index in [-0.39, 0.29) is 23.7 Å². The SMILES string of the molecule is COc1cc([N+](=O)[O-])c(C(=O)OCc2ccccc2)cc1OCCc1ccccc1. The van der Waals surface area contributed by atoms with Crippen LogP contribution in [0.15, 0.2) is 72.8 Å². The Morgan fingerprint density at radius 3 is 2.17 bits per heavy atom. The van der Waals surface area contributed by atoms with Crippen LogP contribution in [0.3, 0.4) is 0 Å². The summed E-state index contributed by atoms with van der Waals surface area (Å²) in [5.41, 5.74) is 1.27. The molecule has 3 aromatic rings. The van der Waals surface area contributed by atoms with Crippen molar-refractivity contribution in [1.82, 2.24) is 0 Å². The van der Waals surface area contributed by atoms with Gasteiger partial charge in [-0.3, -0.25) is 10.1 Å². The maximum atomic E-state index is 12.6. The Balaban J connectivity index is 1.78. The molecule has 154 valence electrons. The monoisotopic (exact) mass is 407 g/mol. The molecule has 0 atom stereocenters. The smallest absolute Gasteiger partial charge is 0.345 e. The predicted molar refractivity (Wildman–Crippen MR) is 111 cm³/mol. The molecule has 0 heterocycles. The molecule has 0 unspecified atom stereocenters. The van der Waals surface area contributed by atoms with E-state index in [2.05, 4.69) is 0 Å². The lowest BCUT2D eigenvalue weighted by Gasteiger charge is -2.13. The molecule has 0 amide bonds. The molecule has 7 nitrogen and oxygen atoms in total. The third-order valence-electron chi connectivity index (χ3n) is 4.40. The summed E-state index contributed by atoms with van der Waals surface area (Å²) >= 11 is 0. The summed E-state index contributed by atoms with van der Waals surface area (Å²) in [6.07, 6.45) is 0.634. The fraction of sp³-hybridized carbons (Fsp3) is 0.174. The van der Waals surface area contributed by atoms with E-state index >= 15 is 0 Å². The maximum Gasteiger partial charge on any atom is 0.345 e. The summed E-state index contributed by atoms with van der Waals surface area (Å²) in [5, 5.41) is 11.5. The van der Waals surface area contributed by atoms with Gasteiger partial charge in [-0.15, -0.1) is 0 Å². The Morgan fingerprint density at radius 1 is 0.933 bits per heavy atom. The summed E-state index contributed by atoms with van der Waals surface area (Å²) in [5.74, 6) is -0.388. The summed E-state index contributed by atoms with van der Waals surface area (Å²) in [6.45, 7) is 0.323. The van der Waals surface area contributed by atoms with Crippen molar-refractivity contribution in [1.29, 1.82) is 0 Å². The standard InChI is InChI=1S/C23H21NO6/c1-28-21-15-20(24(26)27)19(23(25)30-16-18-10-6-3-7-11-18)14-22(21)29-13-12-17-8-4-2-5-9-17/h2-11,14-15H,12-13,16H2,1H3. The fourth-order valence-corrected chi connectivity index (χ4v) is 2.86. The number of ether oxygens (including phenoxy) is 3. The number of nitrogens with zero attached hydrogens (tertiary/aromatic N) is 1. The summed E-state index contributed by atoms with van der Waals surface area (Å²) in [4.78, 5) is 23.4. The first-order valence-electron chi connectivity index (χ1n) is 9.32. The van der Waals surface area contributed by atoms with E-state index < -0.39 is 16.6 Å². The minimum absolute atomic E-state index is 0.00700. The van der Waals surface area contributed by atoms with E-state index in [4.69, 9.17) is 14.2 Å². The number of nitro benzene ring substituents is 1. The molecule has 7 heteroatoms. The highest BCUT2D eigenvalue weighted by atomic mass is 16.6. The van der Waals surface area contributed by atoms with Crippen LogP contribution in [0.4, 0.5) is 5.69 Å². The Kier molecular flexibility index (Phi) is 7.00. The zero-order chi connectivity index (χ0) is 21.3. The van der Waals surface area contributed by atoms with Crippen LogP contribution in [0.2, 0.25) is 0 Å². The average molecular weight is 407 g/mol. The minimum Gasteiger partial charge on any atom is -0.493 e. The van der Waals surface area contributed by atoms with Crippen molar-refractivity contribution in [2.75, 3.05) is 13.7 Å². The summed E-state index contributed by atoms with van der Waals surface area (Å²) in [6, 6.07) is 21.3. The van der Waals surface area contributed by atoms with Gasteiger partial charge in [0.15, 0.2) is 11.5 Å². The van der Waals surface area contributed by atoms with Crippen LogP contribution in [-0.2, 0) is 17.8 Å². The normalized spacial score (nSPS) is 10.3. The van der Waals surface area contributed by atoms with Gasteiger partial charge >= 0.3 is 5.97 Å². The molecule has 0 aromatic heterocycles. The number of methoxy groups -OCH3 is 1. The molecule has 3 aromatic carbocycles. The molecule has 0 bridgehead atoms. The first-order valence-corrected chi connectivity index (χ1v) is 9.32. The van der Waals surface area contributed by atoms with Gasteiger partial charge in [0, 0.05) is 12.5 Å². The molecule has 0 saturated carbocycles. The Labute approximate surface area is 174 Å². The molecule has 0 radical (unpaired) electrons. The predicted octanol–water partition coefficient (Wildman–Crippen LogP) is 4.58. The van der Waals surface area contributed by atoms with Gasteiger partial charge < -0.3 is 14.2 Å². The van der Waals surface area contributed by atoms with Crippen LogP contribution in [0.25, 0.3) is 0 Å². The van der Waals surface area contributed by atoms with Gasteiger partial charge in [-0.05, 0) is 11.1 Å². The van der Waals surface area contributed by atoms with Gasteiger partial charge in [-0.2, -0.15) is 0 Å².